The minimum atomic E-state index is 0.548. The molecule has 0 radical (unpaired) electrons. The number of aryl methyl sites for hydroxylation is 2. The lowest BCUT2D eigenvalue weighted by Gasteiger charge is -2.01. The summed E-state index contributed by atoms with van der Waals surface area (Å²) >= 11 is 3.07. The molecule has 0 spiro atoms. The van der Waals surface area contributed by atoms with Gasteiger partial charge in [0.05, 0.1) is 22.7 Å². The van der Waals surface area contributed by atoms with E-state index < -0.39 is 0 Å². The number of aliphatic imine (C=N–C) groups is 1. The first-order valence-electron chi connectivity index (χ1n) is 8.57. The average molecular weight is 410 g/mol. The molecule has 1 heterocycles. The molecule has 0 unspecified atom stereocenters. The first-order valence-corrected chi connectivity index (χ1v) is 10.4. The maximum absolute atomic E-state index is 4.33. The molecule has 0 saturated heterocycles. The highest BCUT2D eigenvalue weighted by atomic mass is 32.2. The largest absolute Gasteiger partial charge is 0.265 e. The van der Waals surface area contributed by atoms with Crippen LogP contribution in [0.15, 0.2) is 66.2 Å². The number of nitrogens with zero attached hydrogens (tertiary/aromatic N) is 7. The first-order chi connectivity index (χ1) is 13.6. The van der Waals surface area contributed by atoms with E-state index in [-0.39, 0.29) is 0 Å². The molecule has 0 atom stereocenters. The van der Waals surface area contributed by atoms with Crippen molar-refractivity contribution in [1.29, 1.82) is 0 Å². The summed E-state index contributed by atoms with van der Waals surface area (Å²) in [5, 5.41) is 25.7. The molecule has 2 aromatic carbocycles. The fourth-order valence-electron chi connectivity index (χ4n) is 2.30. The molecule has 0 N–H and O–H groups in total. The van der Waals surface area contributed by atoms with Gasteiger partial charge in [-0.25, -0.2) is 0 Å². The SMILES string of the molecule is C=Nc1ccc(/N=N/c2ccc(/N=N/c3nnc(SCC)s3)c(C)c2)c(C)c1. The number of hydrogen-bond donors (Lipinski definition) is 0. The molecule has 0 bridgehead atoms. The van der Waals surface area contributed by atoms with Gasteiger partial charge < -0.3 is 0 Å². The molecule has 0 aliphatic rings. The molecule has 0 aliphatic heterocycles. The van der Waals surface area contributed by atoms with Crippen LogP contribution in [0.5, 0.6) is 0 Å². The van der Waals surface area contributed by atoms with Crippen LogP contribution in [0.3, 0.4) is 0 Å². The smallest absolute Gasteiger partial charge is 0.252 e. The second-order valence-corrected chi connectivity index (χ2v) is 8.25. The summed E-state index contributed by atoms with van der Waals surface area (Å²) in [5.74, 6) is 0.954. The zero-order valence-electron chi connectivity index (χ0n) is 15.8. The highest BCUT2D eigenvalue weighted by Crippen LogP contribution is 2.31. The topological polar surface area (TPSA) is 87.6 Å². The second-order valence-electron chi connectivity index (χ2n) is 5.78. The van der Waals surface area contributed by atoms with Gasteiger partial charge in [-0.05, 0) is 73.8 Å². The normalized spacial score (nSPS) is 11.5. The Hall–Kier alpha value is -2.78. The van der Waals surface area contributed by atoms with Crippen LogP contribution in [0.4, 0.5) is 27.9 Å². The highest BCUT2D eigenvalue weighted by molar-refractivity contribution is 8.01. The fourth-order valence-corrected chi connectivity index (χ4v) is 3.86. The highest BCUT2D eigenvalue weighted by Gasteiger charge is 2.04. The average Bonchev–Trinajstić information content (AvgIpc) is 3.14. The minimum absolute atomic E-state index is 0.548. The van der Waals surface area contributed by atoms with Crippen molar-refractivity contribution in [2.75, 3.05) is 5.75 Å². The van der Waals surface area contributed by atoms with Crippen LogP contribution >= 0.6 is 23.1 Å². The van der Waals surface area contributed by atoms with E-state index in [0.717, 1.165) is 44.0 Å². The summed E-state index contributed by atoms with van der Waals surface area (Å²) in [7, 11) is 0. The molecule has 9 heteroatoms. The van der Waals surface area contributed by atoms with Gasteiger partial charge in [0, 0.05) is 0 Å². The van der Waals surface area contributed by atoms with Gasteiger partial charge in [-0.15, -0.1) is 20.4 Å². The van der Waals surface area contributed by atoms with Gasteiger partial charge in [-0.3, -0.25) is 4.99 Å². The molecule has 3 aromatic rings. The van der Waals surface area contributed by atoms with Gasteiger partial charge in [0.1, 0.15) is 0 Å². The number of hydrogen-bond acceptors (Lipinski definition) is 9. The molecular weight excluding hydrogens is 390 g/mol. The Kier molecular flexibility index (Phi) is 6.72. The van der Waals surface area contributed by atoms with Crippen molar-refractivity contribution in [1.82, 2.24) is 10.2 Å². The summed E-state index contributed by atoms with van der Waals surface area (Å²) in [4.78, 5) is 3.91. The quantitative estimate of drug-likeness (QED) is 0.231. The summed E-state index contributed by atoms with van der Waals surface area (Å²) in [6, 6.07) is 11.3. The summed E-state index contributed by atoms with van der Waals surface area (Å²) in [6.07, 6.45) is 0. The Morgan fingerprint density at radius 2 is 1.54 bits per heavy atom. The van der Waals surface area contributed by atoms with E-state index in [1.165, 1.54) is 11.3 Å². The van der Waals surface area contributed by atoms with Gasteiger partial charge in [-0.1, -0.05) is 30.0 Å². The Balaban J connectivity index is 1.72. The van der Waals surface area contributed by atoms with Crippen LogP contribution in [-0.2, 0) is 0 Å². The fraction of sp³-hybridized carbons (Fsp3) is 0.211. The second kappa shape index (κ2) is 9.43. The predicted molar refractivity (Wildman–Crippen MR) is 116 cm³/mol. The molecule has 0 fully saturated rings. The van der Waals surface area contributed by atoms with Crippen LogP contribution in [0.25, 0.3) is 0 Å². The van der Waals surface area contributed by atoms with E-state index in [0.29, 0.717) is 5.13 Å². The lowest BCUT2D eigenvalue weighted by molar-refractivity contribution is 0.994. The number of rotatable bonds is 7. The monoisotopic (exact) mass is 409 g/mol. The van der Waals surface area contributed by atoms with E-state index in [4.69, 9.17) is 0 Å². The summed E-state index contributed by atoms with van der Waals surface area (Å²) in [5.41, 5.74) is 5.07. The number of benzene rings is 2. The standard InChI is InChI=1S/C19H19N7S2/c1-5-27-19-26-25-18(28-19)24-23-17-9-7-15(11-13(17)3)21-22-16-8-6-14(20-4)10-12(16)2/h6-11H,4-5H2,1-3H3/b22-21+,24-23+. The van der Waals surface area contributed by atoms with Gasteiger partial charge in [0.15, 0.2) is 4.34 Å². The maximum atomic E-state index is 4.33. The molecule has 28 heavy (non-hydrogen) atoms. The molecule has 0 amide bonds. The molecule has 142 valence electrons. The van der Waals surface area contributed by atoms with Crippen LogP contribution in [0.1, 0.15) is 18.1 Å². The molecule has 3 rings (SSSR count). The van der Waals surface area contributed by atoms with Gasteiger partial charge >= 0.3 is 0 Å². The summed E-state index contributed by atoms with van der Waals surface area (Å²) < 4.78 is 0.899. The Labute approximate surface area is 171 Å². The van der Waals surface area contributed by atoms with Gasteiger partial charge in [-0.2, -0.15) is 10.2 Å². The Morgan fingerprint density at radius 1 is 0.893 bits per heavy atom. The zero-order chi connectivity index (χ0) is 19.9. The van der Waals surface area contributed by atoms with Gasteiger partial charge in [0.25, 0.3) is 5.13 Å². The van der Waals surface area contributed by atoms with Crippen molar-refractivity contribution < 1.29 is 0 Å². The third kappa shape index (κ3) is 5.14. The molecular formula is C19H19N7S2. The van der Waals surface area contributed by atoms with Crippen molar-refractivity contribution >= 4 is 57.7 Å². The number of thioether (sulfide) groups is 1. The molecule has 0 saturated carbocycles. The third-order valence-corrected chi connectivity index (χ3v) is 5.55. The number of azo groups is 2. The van der Waals surface area contributed by atoms with Crippen molar-refractivity contribution in [2.24, 2.45) is 25.4 Å². The van der Waals surface area contributed by atoms with Crippen LogP contribution in [-0.4, -0.2) is 22.7 Å². The van der Waals surface area contributed by atoms with E-state index in [1.54, 1.807) is 11.8 Å². The van der Waals surface area contributed by atoms with Crippen LogP contribution < -0.4 is 0 Å². The van der Waals surface area contributed by atoms with E-state index in [9.17, 15) is 0 Å². The predicted octanol–water partition coefficient (Wildman–Crippen LogP) is 7.43. The Morgan fingerprint density at radius 3 is 2.18 bits per heavy atom. The lowest BCUT2D eigenvalue weighted by Crippen LogP contribution is -1.75. The van der Waals surface area contributed by atoms with E-state index >= 15 is 0 Å². The van der Waals surface area contributed by atoms with Crippen molar-refractivity contribution in [3.63, 3.8) is 0 Å². The third-order valence-electron chi connectivity index (χ3n) is 3.72. The zero-order valence-corrected chi connectivity index (χ0v) is 17.5. The summed E-state index contributed by atoms with van der Waals surface area (Å²) in [6.45, 7) is 9.53. The van der Waals surface area contributed by atoms with E-state index in [2.05, 4.69) is 49.3 Å². The minimum Gasteiger partial charge on any atom is -0.265 e. The number of aromatic nitrogens is 2. The van der Waals surface area contributed by atoms with Crippen molar-refractivity contribution in [2.45, 2.75) is 25.1 Å². The molecule has 1 aromatic heterocycles. The molecule has 7 nitrogen and oxygen atoms in total. The van der Waals surface area contributed by atoms with Crippen LogP contribution in [0.2, 0.25) is 0 Å². The van der Waals surface area contributed by atoms with E-state index in [1.807, 2.05) is 50.2 Å². The van der Waals surface area contributed by atoms with Crippen molar-refractivity contribution in [3.8, 4) is 0 Å². The van der Waals surface area contributed by atoms with Crippen molar-refractivity contribution in [3.05, 3.63) is 47.5 Å². The Bertz CT molecular complexity index is 1040. The molecule has 0 aliphatic carbocycles. The lowest BCUT2D eigenvalue weighted by atomic mass is 10.2. The maximum Gasteiger partial charge on any atom is 0.252 e. The van der Waals surface area contributed by atoms with Crippen LogP contribution in [0, 0.1) is 13.8 Å². The van der Waals surface area contributed by atoms with Gasteiger partial charge in [0.2, 0.25) is 0 Å². The first kappa shape index (κ1) is 20.0.